The molecule has 10 nitrogen and oxygen atoms in total. The van der Waals surface area contributed by atoms with E-state index in [-0.39, 0.29) is 34.9 Å². The average molecular weight is 460 g/mol. The summed E-state index contributed by atoms with van der Waals surface area (Å²) in [6.07, 6.45) is 6.94. The first-order chi connectivity index (χ1) is 16.3. The van der Waals surface area contributed by atoms with Crippen molar-refractivity contribution in [3.63, 3.8) is 0 Å². The molecule has 0 aliphatic heterocycles. The minimum absolute atomic E-state index is 0.0337. The molecule has 0 aromatic carbocycles. The number of hydrogen-bond donors (Lipinski definition) is 2. The molecule has 0 atom stereocenters. The number of aryl methyl sites for hydroxylation is 2. The molecule has 2 amide bonds. The summed E-state index contributed by atoms with van der Waals surface area (Å²) in [5.74, 6) is -0.399. The van der Waals surface area contributed by atoms with E-state index >= 15 is 0 Å². The van der Waals surface area contributed by atoms with Gasteiger partial charge in [-0.3, -0.25) is 14.3 Å². The number of amides is 2. The van der Waals surface area contributed by atoms with Gasteiger partial charge in [-0.1, -0.05) is 6.07 Å². The van der Waals surface area contributed by atoms with Gasteiger partial charge in [0.2, 0.25) is 5.88 Å². The lowest BCUT2D eigenvalue weighted by molar-refractivity contribution is -0.0847. The lowest BCUT2D eigenvalue weighted by Crippen LogP contribution is -2.58. The van der Waals surface area contributed by atoms with E-state index in [0.29, 0.717) is 11.2 Å². The van der Waals surface area contributed by atoms with E-state index in [0.717, 1.165) is 42.3 Å². The molecule has 0 saturated heterocycles. The van der Waals surface area contributed by atoms with Crippen molar-refractivity contribution in [1.29, 1.82) is 0 Å². The summed E-state index contributed by atoms with van der Waals surface area (Å²) in [5.41, 5.74) is 8.87. The third kappa shape index (κ3) is 3.20. The van der Waals surface area contributed by atoms with Gasteiger partial charge in [0.15, 0.2) is 5.65 Å². The Bertz CT molecular complexity index is 1460. The van der Waals surface area contributed by atoms with E-state index in [1.54, 1.807) is 21.5 Å². The van der Waals surface area contributed by atoms with Crippen LogP contribution in [-0.4, -0.2) is 48.3 Å². The number of carbonyl (C=O) groups is 2. The van der Waals surface area contributed by atoms with Gasteiger partial charge in [-0.15, -0.1) is 0 Å². The van der Waals surface area contributed by atoms with Crippen LogP contribution in [-0.2, 0) is 7.05 Å². The Morgan fingerprint density at radius 3 is 2.76 bits per heavy atom. The number of hydrogen-bond acceptors (Lipinski definition) is 6. The zero-order valence-electron chi connectivity index (χ0n) is 19.0. The van der Waals surface area contributed by atoms with E-state index in [9.17, 15) is 9.59 Å². The molecule has 4 aromatic rings. The maximum absolute atomic E-state index is 12.7. The van der Waals surface area contributed by atoms with Crippen LogP contribution in [0.1, 0.15) is 52.1 Å². The first-order valence-electron chi connectivity index (χ1n) is 11.4. The number of nitrogens with zero attached hydrogens (tertiary/aromatic N) is 5. The number of primary amides is 1. The fraction of sp³-hybridized carbons (Fsp3) is 0.375. The minimum Gasteiger partial charge on any atom is -0.474 e. The van der Waals surface area contributed by atoms with Gasteiger partial charge in [0.1, 0.15) is 11.7 Å². The summed E-state index contributed by atoms with van der Waals surface area (Å²) >= 11 is 0. The summed E-state index contributed by atoms with van der Waals surface area (Å²) in [7, 11) is 1.81. The second-order valence-corrected chi connectivity index (χ2v) is 9.60. The normalized spacial score (nSPS) is 23.6. The van der Waals surface area contributed by atoms with Crippen molar-refractivity contribution in [2.45, 2.75) is 44.8 Å². The fourth-order valence-electron chi connectivity index (χ4n) is 5.53. The Kier molecular flexibility index (Phi) is 4.42. The minimum atomic E-state index is -0.569. The lowest BCUT2D eigenvalue weighted by atomic mass is 9.53. The molecule has 2 fully saturated rings. The van der Waals surface area contributed by atoms with Gasteiger partial charge >= 0.3 is 0 Å². The van der Waals surface area contributed by atoms with Crippen molar-refractivity contribution in [1.82, 2.24) is 29.7 Å². The number of ether oxygens (including phenoxy) is 1. The third-order valence-corrected chi connectivity index (χ3v) is 7.19. The number of rotatable bonds is 5. The Morgan fingerprint density at radius 2 is 2.00 bits per heavy atom. The highest BCUT2D eigenvalue weighted by Crippen LogP contribution is 2.56. The molecular weight excluding hydrogens is 434 g/mol. The molecule has 34 heavy (non-hydrogen) atoms. The molecule has 0 radical (unpaired) electrons. The number of nitrogens with two attached hydrogens (primary N) is 1. The summed E-state index contributed by atoms with van der Waals surface area (Å²) < 4.78 is 9.49. The van der Waals surface area contributed by atoms with Gasteiger partial charge < -0.3 is 15.8 Å². The highest BCUT2D eigenvalue weighted by Gasteiger charge is 2.54. The van der Waals surface area contributed by atoms with E-state index in [1.165, 1.54) is 0 Å². The van der Waals surface area contributed by atoms with Gasteiger partial charge in [0, 0.05) is 24.7 Å². The number of nitrogens with one attached hydrogen (secondary N) is 1. The van der Waals surface area contributed by atoms with E-state index in [2.05, 4.69) is 20.5 Å². The van der Waals surface area contributed by atoms with E-state index in [1.807, 2.05) is 38.4 Å². The zero-order valence-corrected chi connectivity index (χ0v) is 19.0. The van der Waals surface area contributed by atoms with Gasteiger partial charge in [0.25, 0.3) is 11.8 Å². The molecule has 1 spiro atoms. The molecule has 4 aromatic heterocycles. The molecule has 6 rings (SSSR count). The first kappa shape index (κ1) is 20.6. The lowest BCUT2D eigenvalue weighted by Gasteiger charge is -2.57. The van der Waals surface area contributed by atoms with Crippen molar-refractivity contribution < 1.29 is 14.3 Å². The molecule has 174 valence electrons. The summed E-state index contributed by atoms with van der Waals surface area (Å²) in [6, 6.07) is 7.51. The first-order valence-corrected chi connectivity index (χ1v) is 11.4. The number of aromatic nitrogens is 5. The average Bonchev–Trinajstić information content (AvgIpc) is 3.30. The molecular formula is C24H25N7O3. The number of pyridine rings is 2. The molecule has 3 N–H and O–H groups in total. The quantitative estimate of drug-likeness (QED) is 0.470. The molecule has 0 bridgehead atoms. The van der Waals surface area contributed by atoms with Gasteiger partial charge in [-0.25, -0.2) is 4.52 Å². The Hall–Kier alpha value is -3.95. The largest absolute Gasteiger partial charge is 0.474 e. The Balaban J connectivity index is 1.09. The summed E-state index contributed by atoms with van der Waals surface area (Å²) in [4.78, 5) is 29.3. The van der Waals surface area contributed by atoms with E-state index < -0.39 is 5.91 Å². The Morgan fingerprint density at radius 1 is 1.21 bits per heavy atom. The third-order valence-electron chi connectivity index (χ3n) is 7.19. The van der Waals surface area contributed by atoms with Crippen LogP contribution in [0.25, 0.3) is 16.6 Å². The number of carbonyl (C=O) groups excluding carboxylic acids is 2. The van der Waals surface area contributed by atoms with Crippen LogP contribution in [0.3, 0.4) is 0 Å². The van der Waals surface area contributed by atoms with Gasteiger partial charge in [-0.2, -0.15) is 15.2 Å². The summed E-state index contributed by atoms with van der Waals surface area (Å²) in [5, 5.41) is 12.5. The fourth-order valence-corrected chi connectivity index (χ4v) is 5.53. The highest BCUT2D eigenvalue weighted by atomic mass is 16.5. The van der Waals surface area contributed by atoms with Gasteiger partial charge in [0.05, 0.1) is 23.0 Å². The summed E-state index contributed by atoms with van der Waals surface area (Å²) in [6.45, 7) is 1.87. The Labute approximate surface area is 195 Å². The van der Waals surface area contributed by atoms with Crippen molar-refractivity contribution in [2.24, 2.45) is 18.2 Å². The molecule has 10 heteroatoms. The van der Waals surface area contributed by atoms with Crippen LogP contribution in [0, 0.1) is 12.3 Å². The molecule has 0 unspecified atom stereocenters. The standard InChI is InChI=1S/C24H25N7O3/c1-13-16-7-17(20(25)32)23(28-21(16)30(2)29-13)34-15-10-24(11-15)8-14(9-24)27-22(33)18-12-26-31-6-4-3-5-19(18)31/h3-7,12,14-15H,8-11H2,1-2H3,(H2,25,32)(H,27,33). The smallest absolute Gasteiger partial charge is 0.255 e. The number of fused-ring (bicyclic) bond motifs is 2. The van der Waals surface area contributed by atoms with Crippen molar-refractivity contribution in [3.05, 3.63) is 53.5 Å². The van der Waals surface area contributed by atoms with Crippen LogP contribution in [0.15, 0.2) is 36.7 Å². The van der Waals surface area contributed by atoms with Crippen LogP contribution in [0.5, 0.6) is 5.88 Å². The molecule has 2 saturated carbocycles. The monoisotopic (exact) mass is 459 g/mol. The van der Waals surface area contributed by atoms with Crippen LogP contribution in [0.2, 0.25) is 0 Å². The van der Waals surface area contributed by atoms with Crippen molar-refractivity contribution in [3.8, 4) is 5.88 Å². The van der Waals surface area contributed by atoms with Crippen molar-refractivity contribution >= 4 is 28.4 Å². The molecule has 2 aliphatic rings. The van der Waals surface area contributed by atoms with Crippen LogP contribution < -0.4 is 15.8 Å². The maximum atomic E-state index is 12.7. The van der Waals surface area contributed by atoms with Crippen LogP contribution >= 0.6 is 0 Å². The zero-order chi connectivity index (χ0) is 23.6. The second-order valence-electron chi connectivity index (χ2n) is 9.60. The highest BCUT2D eigenvalue weighted by molar-refractivity contribution is 6.01. The molecule has 4 heterocycles. The van der Waals surface area contributed by atoms with E-state index in [4.69, 9.17) is 10.5 Å². The predicted octanol–water partition coefficient (Wildman–Crippen LogP) is 2.14. The van der Waals surface area contributed by atoms with Crippen LogP contribution in [0.4, 0.5) is 0 Å². The second kappa shape index (κ2) is 7.28. The predicted molar refractivity (Wildman–Crippen MR) is 124 cm³/mol. The topological polar surface area (TPSA) is 129 Å². The van der Waals surface area contributed by atoms with Gasteiger partial charge in [-0.05, 0) is 56.2 Å². The molecule has 2 aliphatic carbocycles. The van der Waals surface area contributed by atoms with Crippen molar-refractivity contribution in [2.75, 3.05) is 0 Å². The SMILES string of the molecule is Cc1nn(C)c2nc(OC3CC4(CC(NC(=O)c5cnn6ccccc56)C4)C3)c(C(N)=O)cc12. The maximum Gasteiger partial charge on any atom is 0.255 e.